The molecule has 1 aliphatic heterocycles. The molecule has 0 bridgehead atoms. The number of H-pyrrole nitrogens is 2. The molecule has 0 radical (unpaired) electrons. The summed E-state index contributed by atoms with van der Waals surface area (Å²) in [4.78, 5) is 29.0. The number of carbonyl (C=O) groups is 1. The quantitative estimate of drug-likeness (QED) is 0.311. The number of fused-ring (bicyclic) bond motifs is 2. The maximum absolute atomic E-state index is 12.7. The molecule has 0 saturated heterocycles. The maximum Gasteiger partial charge on any atom is 0.323 e. The Morgan fingerprint density at radius 2 is 1.63 bits per heavy atom. The lowest BCUT2D eigenvalue weighted by Crippen LogP contribution is -2.25. The van der Waals surface area contributed by atoms with Gasteiger partial charge in [0.25, 0.3) is 15.9 Å². The van der Waals surface area contributed by atoms with Crippen LogP contribution in [0.1, 0.15) is 15.9 Å². The Labute approximate surface area is 200 Å². The van der Waals surface area contributed by atoms with Crippen LogP contribution in [-0.2, 0) is 16.4 Å². The molecule has 4 aromatic rings. The number of carbonyl (C=O) groups excluding carboxylic acids is 1. The highest BCUT2D eigenvalue weighted by molar-refractivity contribution is 7.92. The number of ether oxygens (including phenoxy) is 2. The molecule has 180 valence electrons. The summed E-state index contributed by atoms with van der Waals surface area (Å²) in [6.45, 7) is 1.48. The number of anilines is 1. The zero-order valence-electron chi connectivity index (χ0n) is 18.5. The molecule has 35 heavy (non-hydrogen) atoms. The summed E-state index contributed by atoms with van der Waals surface area (Å²) in [5, 5.41) is 2.86. The molecule has 0 atom stereocenters. The molecule has 11 heteroatoms. The number of aromatic nitrogens is 2. The van der Waals surface area contributed by atoms with Crippen LogP contribution in [0.3, 0.4) is 0 Å². The van der Waals surface area contributed by atoms with Crippen LogP contribution in [0, 0.1) is 0 Å². The van der Waals surface area contributed by atoms with Gasteiger partial charge in [-0.15, -0.1) is 0 Å². The number of hydrogen-bond donors (Lipinski definition) is 4. The summed E-state index contributed by atoms with van der Waals surface area (Å²) >= 11 is 0. The molecule has 1 aromatic heterocycles. The zero-order chi connectivity index (χ0) is 24.4. The van der Waals surface area contributed by atoms with Crippen molar-refractivity contribution >= 4 is 32.7 Å². The number of sulfonamides is 1. The van der Waals surface area contributed by atoms with Gasteiger partial charge in [0, 0.05) is 17.8 Å². The predicted molar refractivity (Wildman–Crippen MR) is 130 cm³/mol. The van der Waals surface area contributed by atoms with E-state index < -0.39 is 15.7 Å². The molecule has 2 heterocycles. The van der Waals surface area contributed by atoms with Gasteiger partial charge in [-0.25, -0.2) is 13.2 Å². The normalized spacial score (nSPS) is 12.9. The van der Waals surface area contributed by atoms with Crippen LogP contribution >= 0.6 is 0 Å². The fourth-order valence-electron chi connectivity index (χ4n) is 3.75. The third kappa shape index (κ3) is 4.99. The van der Waals surface area contributed by atoms with E-state index in [1.807, 2.05) is 18.2 Å². The van der Waals surface area contributed by atoms with Crippen molar-refractivity contribution in [3.05, 3.63) is 82.3 Å². The second kappa shape index (κ2) is 9.18. The summed E-state index contributed by atoms with van der Waals surface area (Å²) in [5.41, 5.74) is 2.21. The van der Waals surface area contributed by atoms with Crippen LogP contribution in [0.15, 0.2) is 70.4 Å². The van der Waals surface area contributed by atoms with Crippen molar-refractivity contribution < 1.29 is 22.7 Å². The van der Waals surface area contributed by atoms with E-state index in [1.165, 1.54) is 30.3 Å². The minimum absolute atomic E-state index is 0.00112. The molecule has 4 N–H and O–H groups in total. The van der Waals surface area contributed by atoms with Gasteiger partial charge in [-0.3, -0.25) is 9.52 Å². The molecule has 0 fully saturated rings. The highest BCUT2D eigenvalue weighted by Crippen LogP contribution is 2.30. The van der Waals surface area contributed by atoms with E-state index in [0.717, 1.165) is 11.3 Å². The van der Waals surface area contributed by atoms with Crippen molar-refractivity contribution in [3.63, 3.8) is 0 Å². The predicted octanol–water partition coefficient (Wildman–Crippen LogP) is 2.40. The Bertz CT molecular complexity index is 1560. The largest absolute Gasteiger partial charge is 0.486 e. The summed E-state index contributed by atoms with van der Waals surface area (Å²) in [7, 11) is -3.89. The van der Waals surface area contributed by atoms with Gasteiger partial charge in [0.1, 0.15) is 13.2 Å². The van der Waals surface area contributed by atoms with Crippen molar-refractivity contribution in [1.82, 2.24) is 15.3 Å². The Morgan fingerprint density at radius 1 is 0.886 bits per heavy atom. The minimum Gasteiger partial charge on any atom is -0.486 e. The molecular formula is C24H22N4O6S. The number of aromatic amines is 2. The molecule has 10 nitrogen and oxygen atoms in total. The van der Waals surface area contributed by atoms with Crippen LogP contribution in [-0.4, -0.2) is 44.1 Å². The average Bonchev–Trinajstić information content (AvgIpc) is 3.23. The van der Waals surface area contributed by atoms with Gasteiger partial charge in [-0.1, -0.05) is 6.07 Å². The van der Waals surface area contributed by atoms with E-state index in [0.29, 0.717) is 54.2 Å². The van der Waals surface area contributed by atoms with Crippen molar-refractivity contribution in [1.29, 1.82) is 0 Å². The smallest absolute Gasteiger partial charge is 0.323 e. The lowest BCUT2D eigenvalue weighted by Gasteiger charge is -2.18. The van der Waals surface area contributed by atoms with Gasteiger partial charge in [-0.05, 0) is 66.6 Å². The first-order valence-corrected chi connectivity index (χ1v) is 12.4. The van der Waals surface area contributed by atoms with Crippen molar-refractivity contribution in [2.24, 2.45) is 0 Å². The summed E-state index contributed by atoms with van der Waals surface area (Å²) < 4.78 is 39.0. The molecule has 0 unspecified atom stereocenters. The molecule has 1 aliphatic rings. The van der Waals surface area contributed by atoms with Gasteiger partial charge >= 0.3 is 5.69 Å². The first kappa shape index (κ1) is 22.5. The fraction of sp³-hybridized carbons (Fsp3) is 0.167. The molecule has 5 rings (SSSR count). The standard InChI is InChI=1S/C24H22N4O6S/c29-23(25-10-9-15-1-8-21-22(13-15)34-12-11-33-21)16-2-4-17(5-3-16)28-35(31,32)18-6-7-19-20(14-18)27-24(30)26-19/h1-8,13-14,28H,9-12H2,(H,25,29)(H2,26,27,30). The van der Waals surface area contributed by atoms with Crippen LogP contribution in [0.5, 0.6) is 11.5 Å². The summed E-state index contributed by atoms with van der Waals surface area (Å²) in [6.07, 6.45) is 0.622. The van der Waals surface area contributed by atoms with Crippen molar-refractivity contribution in [3.8, 4) is 11.5 Å². The number of hydrogen-bond acceptors (Lipinski definition) is 6. The summed E-state index contributed by atoms with van der Waals surface area (Å²) in [6, 6.07) is 16.1. The van der Waals surface area contributed by atoms with E-state index in [2.05, 4.69) is 20.0 Å². The van der Waals surface area contributed by atoms with Gasteiger partial charge in [0.2, 0.25) is 0 Å². The Morgan fingerprint density at radius 3 is 2.43 bits per heavy atom. The van der Waals surface area contributed by atoms with E-state index >= 15 is 0 Å². The molecule has 3 aromatic carbocycles. The second-order valence-corrected chi connectivity index (χ2v) is 9.64. The first-order valence-electron chi connectivity index (χ1n) is 10.9. The Kier molecular flexibility index (Phi) is 5.91. The average molecular weight is 495 g/mol. The highest BCUT2D eigenvalue weighted by Gasteiger charge is 2.16. The second-order valence-electron chi connectivity index (χ2n) is 7.95. The lowest BCUT2D eigenvalue weighted by molar-refractivity contribution is 0.0954. The topological polar surface area (TPSA) is 142 Å². The van der Waals surface area contributed by atoms with E-state index in [4.69, 9.17) is 9.47 Å². The number of rotatable bonds is 7. The first-order chi connectivity index (χ1) is 16.9. The molecule has 0 saturated carbocycles. The monoisotopic (exact) mass is 494 g/mol. The Balaban J connectivity index is 1.18. The van der Waals surface area contributed by atoms with E-state index in [-0.39, 0.29) is 10.8 Å². The van der Waals surface area contributed by atoms with Crippen LogP contribution < -0.4 is 25.2 Å². The van der Waals surface area contributed by atoms with Crippen LogP contribution in [0.2, 0.25) is 0 Å². The third-order valence-corrected chi connectivity index (χ3v) is 6.88. The summed E-state index contributed by atoms with van der Waals surface area (Å²) in [5.74, 6) is 1.16. The van der Waals surface area contributed by atoms with Gasteiger partial charge in [0.05, 0.1) is 15.9 Å². The SMILES string of the molecule is O=C(NCCc1ccc2c(c1)OCCO2)c1ccc(NS(=O)(=O)c2ccc3[nH]c(=O)[nH]c3c2)cc1. The number of imidazole rings is 1. The molecule has 0 spiro atoms. The van der Waals surface area contributed by atoms with Gasteiger partial charge in [-0.2, -0.15) is 0 Å². The minimum atomic E-state index is -3.89. The van der Waals surface area contributed by atoms with Gasteiger partial charge in [0.15, 0.2) is 11.5 Å². The molecular weight excluding hydrogens is 472 g/mol. The highest BCUT2D eigenvalue weighted by atomic mass is 32.2. The van der Waals surface area contributed by atoms with Gasteiger partial charge < -0.3 is 24.8 Å². The third-order valence-electron chi connectivity index (χ3n) is 5.50. The molecule has 0 aliphatic carbocycles. The zero-order valence-corrected chi connectivity index (χ0v) is 19.3. The lowest BCUT2D eigenvalue weighted by atomic mass is 10.1. The number of benzene rings is 3. The number of nitrogens with one attached hydrogen (secondary N) is 4. The fourth-order valence-corrected chi connectivity index (χ4v) is 4.83. The Hall–Kier alpha value is -4.25. The maximum atomic E-state index is 12.7. The van der Waals surface area contributed by atoms with Crippen molar-refractivity contribution in [2.45, 2.75) is 11.3 Å². The van der Waals surface area contributed by atoms with Crippen molar-refractivity contribution in [2.75, 3.05) is 24.5 Å². The van der Waals surface area contributed by atoms with E-state index in [1.54, 1.807) is 12.1 Å². The van der Waals surface area contributed by atoms with Crippen LogP contribution in [0.25, 0.3) is 11.0 Å². The number of amides is 1. The van der Waals surface area contributed by atoms with Crippen LogP contribution in [0.4, 0.5) is 5.69 Å². The molecule has 1 amide bonds. The van der Waals surface area contributed by atoms with E-state index in [9.17, 15) is 18.0 Å².